The van der Waals surface area contributed by atoms with Crippen LogP contribution in [0.1, 0.15) is 45.9 Å². The molecule has 1 aromatic carbocycles. The second kappa shape index (κ2) is 8.21. The molecule has 7 heteroatoms. The van der Waals surface area contributed by atoms with Crippen molar-refractivity contribution in [2.24, 2.45) is 0 Å². The fraction of sp³-hybridized carbons (Fsp3) is 0.318. The van der Waals surface area contributed by atoms with E-state index in [1.54, 1.807) is 13.0 Å². The second-order valence-corrected chi connectivity index (χ2v) is 8.15. The third-order valence-electron chi connectivity index (χ3n) is 5.24. The molecule has 1 fully saturated rings. The van der Waals surface area contributed by atoms with Crippen LogP contribution in [0.3, 0.4) is 0 Å². The number of hydrogen-bond acceptors (Lipinski definition) is 6. The number of carbonyl (C=O) groups excluding carboxylic acids is 1. The van der Waals surface area contributed by atoms with Gasteiger partial charge in [-0.3, -0.25) is 4.79 Å². The highest BCUT2D eigenvalue weighted by Crippen LogP contribution is 2.27. The molecule has 0 atom stereocenters. The number of benzene rings is 1. The zero-order valence-corrected chi connectivity index (χ0v) is 17.3. The van der Waals surface area contributed by atoms with E-state index in [0.29, 0.717) is 26.5 Å². The molecule has 29 heavy (non-hydrogen) atoms. The van der Waals surface area contributed by atoms with E-state index in [-0.39, 0.29) is 5.56 Å². The van der Waals surface area contributed by atoms with E-state index in [1.165, 1.54) is 43.4 Å². The summed E-state index contributed by atoms with van der Waals surface area (Å²) >= 11 is 1.18. The maximum Gasteiger partial charge on any atom is 0.348 e. The quantitative estimate of drug-likeness (QED) is 0.653. The van der Waals surface area contributed by atoms with Gasteiger partial charge < -0.3 is 14.6 Å². The summed E-state index contributed by atoms with van der Waals surface area (Å²) in [6, 6.07) is 8.41. The van der Waals surface area contributed by atoms with Crippen LogP contribution in [0.2, 0.25) is 0 Å². The number of nitrogens with one attached hydrogen (secondary N) is 1. The molecule has 0 amide bonds. The number of anilines is 1. The summed E-state index contributed by atoms with van der Waals surface area (Å²) in [5.41, 5.74) is 2.64. The zero-order valence-electron chi connectivity index (χ0n) is 16.5. The number of H-pyrrole nitrogens is 1. The first-order valence-corrected chi connectivity index (χ1v) is 10.5. The van der Waals surface area contributed by atoms with Crippen molar-refractivity contribution in [3.63, 3.8) is 0 Å². The highest BCUT2D eigenvalue weighted by atomic mass is 32.1. The van der Waals surface area contributed by atoms with Crippen LogP contribution in [0, 0.1) is 6.92 Å². The summed E-state index contributed by atoms with van der Waals surface area (Å²) in [6.45, 7) is 3.98. The van der Waals surface area contributed by atoms with Crippen LogP contribution < -0.4 is 10.5 Å². The molecule has 0 aliphatic carbocycles. The Hall–Kier alpha value is -2.93. The third kappa shape index (κ3) is 3.96. The minimum absolute atomic E-state index is 0.251. The van der Waals surface area contributed by atoms with Crippen molar-refractivity contribution in [1.29, 1.82) is 0 Å². The number of hydrogen-bond donors (Lipinski definition) is 1. The first-order valence-electron chi connectivity index (χ1n) is 9.71. The van der Waals surface area contributed by atoms with Crippen molar-refractivity contribution in [3.05, 3.63) is 56.4 Å². The van der Waals surface area contributed by atoms with Gasteiger partial charge in [0.2, 0.25) is 0 Å². The van der Waals surface area contributed by atoms with Gasteiger partial charge in [0.1, 0.15) is 15.5 Å². The molecule has 1 aliphatic heterocycles. The molecule has 1 saturated heterocycles. The smallest absolute Gasteiger partial charge is 0.348 e. The molecular formula is C22H23N3O3S. The Morgan fingerprint density at radius 2 is 1.90 bits per heavy atom. The maximum atomic E-state index is 12.5. The molecule has 0 bridgehead atoms. The largest absolute Gasteiger partial charge is 0.465 e. The van der Waals surface area contributed by atoms with E-state index in [0.717, 1.165) is 18.7 Å². The van der Waals surface area contributed by atoms with E-state index < -0.39 is 5.97 Å². The Morgan fingerprint density at radius 1 is 1.17 bits per heavy atom. The summed E-state index contributed by atoms with van der Waals surface area (Å²) in [6.07, 6.45) is 7.53. The minimum Gasteiger partial charge on any atom is -0.465 e. The molecule has 1 N–H and O–H groups in total. The molecule has 0 unspecified atom stereocenters. The van der Waals surface area contributed by atoms with Gasteiger partial charge in [0.05, 0.1) is 12.5 Å². The number of thiophene rings is 1. The van der Waals surface area contributed by atoms with Crippen LogP contribution in [0.4, 0.5) is 5.69 Å². The zero-order chi connectivity index (χ0) is 20.4. The number of aromatic nitrogens is 2. The van der Waals surface area contributed by atoms with E-state index in [1.807, 2.05) is 6.08 Å². The normalized spacial score (nSPS) is 14.6. The van der Waals surface area contributed by atoms with Gasteiger partial charge in [0, 0.05) is 18.8 Å². The monoisotopic (exact) mass is 409 g/mol. The van der Waals surface area contributed by atoms with Gasteiger partial charge in [-0.1, -0.05) is 18.2 Å². The summed E-state index contributed by atoms with van der Waals surface area (Å²) in [7, 11) is 1.33. The number of methoxy groups -OCH3 is 1. The minimum atomic E-state index is -0.448. The summed E-state index contributed by atoms with van der Waals surface area (Å²) < 4.78 is 4.79. The Morgan fingerprint density at radius 3 is 2.59 bits per heavy atom. The van der Waals surface area contributed by atoms with Crippen LogP contribution in [0.15, 0.2) is 29.1 Å². The van der Waals surface area contributed by atoms with E-state index >= 15 is 0 Å². The van der Waals surface area contributed by atoms with Gasteiger partial charge in [-0.05, 0) is 55.5 Å². The van der Waals surface area contributed by atoms with Gasteiger partial charge in [-0.2, -0.15) is 0 Å². The van der Waals surface area contributed by atoms with Crippen molar-refractivity contribution in [2.45, 2.75) is 26.2 Å². The molecule has 0 spiro atoms. The fourth-order valence-corrected chi connectivity index (χ4v) is 4.76. The molecule has 3 heterocycles. The third-order valence-corrected chi connectivity index (χ3v) is 6.40. The highest BCUT2D eigenvalue weighted by Gasteiger charge is 2.19. The molecule has 2 aromatic heterocycles. The van der Waals surface area contributed by atoms with Gasteiger partial charge in [-0.15, -0.1) is 11.3 Å². The summed E-state index contributed by atoms with van der Waals surface area (Å²) in [4.78, 5) is 35.0. The number of carbonyl (C=O) groups is 1. The van der Waals surface area contributed by atoms with Crippen LogP contribution in [0.25, 0.3) is 22.4 Å². The first kappa shape index (κ1) is 19.4. The molecule has 0 radical (unpaired) electrons. The summed E-state index contributed by atoms with van der Waals surface area (Å²) in [5, 5.41) is 0.443. The predicted octanol–water partition coefficient (Wildman–Crippen LogP) is 4.24. The number of ether oxygens (including phenoxy) is 1. The molecule has 0 saturated carbocycles. The van der Waals surface area contributed by atoms with Gasteiger partial charge in [0.15, 0.2) is 0 Å². The second-order valence-electron chi connectivity index (χ2n) is 7.15. The molecular weight excluding hydrogens is 386 g/mol. The number of esters is 1. The van der Waals surface area contributed by atoms with Gasteiger partial charge >= 0.3 is 5.97 Å². The van der Waals surface area contributed by atoms with Crippen molar-refractivity contribution < 1.29 is 9.53 Å². The Bertz CT molecular complexity index is 1120. The lowest BCUT2D eigenvalue weighted by Crippen LogP contribution is -2.29. The van der Waals surface area contributed by atoms with Crippen LogP contribution >= 0.6 is 11.3 Å². The number of rotatable bonds is 4. The van der Waals surface area contributed by atoms with Gasteiger partial charge in [0.25, 0.3) is 5.56 Å². The highest BCUT2D eigenvalue weighted by molar-refractivity contribution is 7.20. The number of piperidine rings is 1. The predicted molar refractivity (Wildman–Crippen MR) is 118 cm³/mol. The molecule has 4 rings (SSSR count). The standard InChI is InChI=1S/C22H23N3O3S/c1-14-18-20(26)23-17(24-21(18)29-19(14)22(27)28-2)11-8-15-6-9-16(10-7-15)25-12-4-3-5-13-25/h6-11H,3-5,12-13H2,1-2H3,(H,23,24,26)/b11-8+. The van der Waals surface area contributed by atoms with Gasteiger partial charge in [-0.25, -0.2) is 9.78 Å². The molecule has 6 nitrogen and oxygen atoms in total. The number of aromatic amines is 1. The SMILES string of the molecule is COC(=O)c1sc2nc(/C=C/c3ccc(N4CCCCC4)cc3)[nH]c(=O)c2c1C. The average Bonchev–Trinajstić information content (AvgIpc) is 3.09. The Kier molecular flexibility index (Phi) is 5.49. The van der Waals surface area contributed by atoms with Crippen LogP contribution in [0.5, 0.6) is 0 Å². The van der Waals surface area contributed by atoms with E-state index in [4.69, 9.17) is 4.74 Å². The molecule has 3 aromatic rings. The van der Waals surface area contributed by atoms with E-state index in [2.05, 4.69) is 39.1 Å². The Labute approximate surface area is 172 Å². The van der Waals surface area contributed by atoms with Crippen LogP contribution in [-0.2, 0) is 4.74 Å². The molecule has 1 aliphatic rings. The van der Waals surface area contributed by atoms with E-state index in [9.17, 15) is 9.59 Å². The lowest BCUT2D eigenvalue weighted by atomic mass is 10.1. The van der Waals surface area contributed by atoms with Crippen LogP contribution in [-0.4, -0.2) is 36.1 Å². The number of fused-ring (bicyclic) bond motifs is 1. The van der Waals surface area contributed by atoms with Crippen molar-refractivity contribution >= 4 is 45.4 Å². The first-order chi connectivity index (χ1) is 14.1. The molecule has 150 valence electrons. The summed E-state index contributed by atoms with van der Waals surface area (Å²) in [5.74, 6) is 0.0102. The number of aryl methyl sites for hydroxylation is 1. The average molecular weight is 410 g/mol. The van der Waals surface area contributed by atoms with Crippen molar-refractivity contribution in [2.75, 3.05) is 25.1 Å². The fourth-order valence-electron chi connectivity index (χ4n) is 3.65. The van der Waals surface area contributed by atoms with Crippen molar-refractivity contribution in [3.8, 4) is 0 Å². The lowest BCUT2D eigenvalue weighted by molar-refractivity contribution is 0.0605. The number of nitrogens with zero attached hydrogens (tertiary/aromatic N) is 2. The topological polar surface area (TPSA) is 75.3 Å². The lowest BCUT2D eigenvalue weighted by Gasteiger charge is -2.28. The van der Waals surface area contributed by atoms with Crippen molar-refractivity contribution in [1.82, 2.24) is 9.97 Å². The Balaban J connectivity index is 1.58. The maximum absolute atomic E-state index is 12.5.